The number of benzene rings is 1. The van der Waals surface area contributed by atoms with Crippen molar-refractivity contribution in [3.8, 4) is 11.3 Å². The molecule has 4 rings (SSSR count). The molecular formula is C23H21F6N7O3S. The van der Waals surface area contributed by atoms with E-state index in [0.717, 1.165) is 17.1 Å². The van der Waals surface area contributed by atoms with Crippen LogP contribution in [0.15, 0.2) is 36.1 Å². The molecule has 1 atom stereocenters. The number of thiazole rings is 1. The van der Waals surface area contributed by atoms with Crippen molar-refractivity contribution in [1.29, 1.82) is 0 Å². The Kier molecular flexibility index (Phi) is 7.53. The molecule has 3 aromatic rings. The van der Waals surface area contributed by atoms with Gasteiger partial charge in [-0.1, -0.05) is 12.1 Å². The lowest BCUT2D eigenvalue weighted by atomic mass is 9.88. The van der Waals surface area contributed by atoms with E-state index in [2.05, 4.69) is 24.6 Å². The summed E-state index contributed by atoms with van der Waals surface area (Å²) >= 11 is 1.48. The van der Waals surface area contributed by atoms with Crippen LogP contribution in [0.25, 0.3) is 11.3 Å². The fraction of sp³-hybridized carbons (Fsp3) is 0.348. The molecule has 1 unspecified atom stereocenters. The number of ether oxygens (including phenoxy) is 1. The number of carbonyl (C=O) groups is 2. The van der Waals surface area contributed by atoms with E-state index in [9.17, 15) is 35.9 Å². The molecule has 1 aliphatic heterocycles. The van der Waals surface area contributed by atoms with E-state index in [0.29, 0.717) is 37.8 Å². The van der Waals surface area contributed by atoms with Crippen molar-refractivity contribution in [1.82, 2.24) is 15.0 Å². The average molecular weight is 590 g/mol. The van der Waals surface area contributed by atoms with Gasteiger partial charge in [-0.25, -0.2) is 14.8 Å². The summed E-state index contributed by atoms with van der Waals surface area (Å²) in [6.07, 6.45) is -8.77. The molecule has 40 heavy (non-hydrogen) atoms. The van der Waals surface area contributed by atoms with Gasteiger partial charge in [0.2, 0.25) is 0 Å². The van der Waals surface area contributed by atoms with Gasteiger partial charge in [-0.2, -0.15) is 26.3 Å². The van der Waals surface area contributed by atoms with Crippen molar-refractivity contribution >= 4 is 39.9 Å². The molecule has 3 heterocycles. The van der Waals surface area contributed by atoms with Crippen LogP contribution in [-0.4, -0.2) is 65.4 Å². The molecule has 214 valence electrons. The van der Waals surface area contributed by atoms with E-state index >= 15 is 0 Å². The van der Waals surface area contributed by atoms with Gasteiger partial charge in [0, 0.05) is 37.3 Å². The Morgan fingerprint density at radius 2 is 1.68 bits per heavy atom. The minimum atomic E-state index is -5.85. The molecule has 4 N–H and O–H groups in total. The highest BCUT2D eigenvalue weighted by Crippen LogP contribution is 2.45. The second-order valence-corrected chi connectivity index (χ2v) is 9.60. The van der Waals surface area contributed by atoms with Gasteiger partial charge in [0.25, 0.3) is 5.91 Å². The van der Waals surface area contributed by atoms with Crippen LogP contribution in [0.2, 0.25) is 0 Å². The Bertz CT molecular complexity index is 1410. The second kappa shape index (κ2) is 10.4. The molecule has 1 aromatic carbocycles. The number of nitrogens with two attached hydrogens (primary N) is 2. The van der Waals surface area contributed by atoms with E-state index < -0.39 is 35.4 Å². The Hall–Kier alpha value is -4.15. The molecule has 2 aromatic heterocycles. The van der Waals surface area contributed by atoms with Gasteiger partial charge in [-0.3, -0.25) is 9.78 Å². The number of halogens is 6. The Balaban J connectivity index is 1.73. The summed E-state index contributed by atoms with van der Waals surface area (Å²) in [5, 5.41) is 0.980. The minimum absolute atomic E-state index is 0.0103. The lowest BCUT2D eigenvalue weighted by Gasteiger charge is -2.36. The zero-order valence-corrected chi connectivity index (χ0v) is 21.4. The zero-order chi connectivity index (χ0) is 29.5. The topological polar surface area (TPSA) is 141 Å². The summed E-state index contributed by atoms with van der Waals surface area (Å²) in [7, 11) is 0. The average Bonchev–Trinajstić information content (AvgIpc) is 3.42. The predicted molar refractivity (Wildman–Crippen MR) is 132 cm³/mol. The number of primary amides is 1. The Labute approximate surface area is 226 Å². The molecule has 0 bridgehead atoms. The second-order valence-electron chi connectivity index (χ2n) is 8.74. The summed E-state index contributed by atoms with van der Waals surface area (Å²) < 4.78 is 85.0. The molecule has 1 saturated heterocycles. The van der Waals surface area contributed by atoms with E-state index in [1.165, 1.54) is 24.5 Å². The van der Waals surface area contributed by atoms with Gasteiger partial charge in [-0.15, -0.1) is 11.3 Å². The normalized spacial score (nSPS) is 16.0. The maximum absolute atomic E-state index is 14.2. The monoisotopic (exact) mass is 589 g/mol. The molecular weight excluding hydrogens is 568 g/mol. The van der Waals surface area contributed by atoms with Crippen LogP contribution < -0.4 is 21.3 Å². The summed E-state index contributed by atoms with van der Waals surface area (Å²) in [6.45, 7) is 3.64. The maximum Gasteiger partial charge on any atom is 0.490 e. The quantitative estimate of drug-likeness (QED) is 0.328. The number of piperazine rings is 1. The predicted octanol–water partition coefficient (Wildman–Crippen LogP) is 3.17. The van der Waals surface area contributed by atoms with Crippen molar-refractivity contribution in [2.75, 3.05) is 41.7 Å². The molecule has 1 fully saturated rings. The molecule has 0 radical (unpaired) electrons. The third kappa shape index (κ3) is 5.32. The fourth-order valence-electron chi connectivity index (χ4n) is 4.18. The number of carbonyl (C=O) groups excluding carboxylic acids is 2. The number of hydrogen-bond acceptors (Lipinski definition) is 10. The van der Waals surface area contributed by atoms with Crippen LogP contribution >= 0.6 is 11.3 Å². The van der Waals surface area contributed by atoms with Gasteiger partial charge in [-0.05, 0) is 18.6 Å². The molecule has 17 heteroatoms. The summed E-state index contributed by atoms with van der Waals surface area (Å²) in [5.74, 6) is -5.32. The van der Waals surface area contributed by atoms with Gasteiger partial charge in [0.1, 0.15) is 5.00 Å². The van der Waals surface area contributed by atoms with Crippen LogP contribution in [-0.2, 0) is 19.9 Å². The van der Waals surface area contributed by atoms with E-state index in [1.807, 2.05) is 4.90 Å². The maximum atomic E-state index is 14.2. The summed E-state index contributed by atoms with van der Waals surface area (Å²) in [6, 6.07) is 2.54. The SMILES string of the molecule is Cc1ccc(C(OC(=O)C(F)(F)F)(C(N)=O)C(F)(F)F)cc1-c1cnc(N)c(N2CCN(c3cncs3)CC2)n1. The van der Waals surface area contributed by atoms with Crippen LogP contribution in [0, 0.1) is 6.92 Å². The van der Waals surface area contributed by atoms with Crippen molar-refractivity contribution in [2.24, 2.45) is 5.73 Å². The van der Waals surface area contributed by atoms with Crippen LogP contribution in [0.1, 0.15) is 11.1 Å². The fourth-order valence-corrected chi connectivity index (χ4v) is 4.86. The van der Waals surface area contributed by atoms with Crippen LogP contribution in [0.5, 0.6) is 0 Å². The van der Waals surface area contributed by atoms with Crippen molar-refractivity contribution in [3.63, 3.8) is 0 Å². The first-order valence-electron chi connectivity index (χ1n) is 11.4. The lowest BCUT2D eigenvalue weighted by Crippen LogP contribution is -2.57. The molecule has 0 spiro atoms. The highest BCUT2D eigenvalue weighted by molar-refractivity contribution is 7.13. The highest BCUT2D eigenvalue weighted by Gasteiger charge is 2.66. The van der Waals surface area contributed by atoms with E-state index in [-0.39, 0.29) is 22.9 Å². The number of aryl methyl sites for hydroxylation is 1. The van der Waals surface area contributed by atoms with Gasteiger partial charge >= 0.3 is 23.9 Å². The standard InChI is InChI=1S/C23H21F6N7O3S/c1-12-2-3-13(21(19(31)37,23(27,28)29)39-20(38)22(24,25)26)8-14(12)15-9-33-17(30)18(34-15)36-6-4-35(5-7-36)16-10-32-11-40-16/h2-3,8-11H,4-7H2,1H3,(H2,30,33)(H2,31,37). The number of nitrogen functional groups attached to an aromatic ring is 1. The third-order valence-corrected chi connectivity index (χ3v) is 7.07. The number of rotatable bonds is 6. The van der Waals surface area contributed by atoms with Crippen molar-refractivity contribution in [3.05, 3.63) is 47.2 Å². The number of alkyl halides is 6. The number of aromatic nitrogens is 3. The lowest BCUT2D eigenvalue weighted by molar-refractivity contribution is -0.280. The van der Waals surface area contributed by atoms with Crippen molar-refractivity contribution in [2.45, 2.75) is 24.9 Å². The van der Waals surface area contributed by atoms with E-state index in [4.69, 9.17) is 11.5 Å². The first-order valence-corrected chi connectivity index (χ1v) is 12.3. The number of amides is 1. The molecule has 0 aliphatic carbocycles. The number of hydrogen-bond donors (Lipinski definition) is 2. The largest absolute Gasteiger partial charge is 0.490 e. The van der Waals surface area contributed by atoms with Gasteiger partial charge in [0.15, 0.2) is 11.6 Å². The number of esters is 1. The molecule has 1 aliphatic rings. The van der Waals surface area contributed by atoms with Crippen molar-refractivity contribution < 1.29 is 40.7 Å². The molecule has 0 saturated carbocycles. The Morgan fingerprint density at radius 3 is 2.23 bits per heavy atom. The first kappa shape index (κ1) is 28.8. The number of anilines is 3. The third-order valence-electron chi connectivity index (χ3n) is 6.24. The van der Waals surface area contributed by atoms with Crippen LogP contribution in [0.4, 0.5) is 43.0 Å². The summed E-state index contributed by atoms with van der Waals surface area (Å²) in [4.78, 5) is 40.1. The minimum Gasteiger partial charge on any atom is -0.427 e. The van der Waals surface area contributed by atoms with Gasteiger partial charge < -0.3 is 26.0 Å². The highest BCUT2D eigenvalue weighted by atomic mass is 32.1. The molecule has 1 amide bonds. The van der Waals surface area contributed by atoms with Gasteiger partial charge in [0.05, 0.1) is 23.6 Å². The van der Waals surface area contributed by atoms with Crippen LogP contribution in [0.3, 0.4) is 0 Å². The zero-order valence-electron chi connectivity index (χ0n) is 20.6. The number of nitrogens with zero attached hydrogens (tertiary/aromatic N) is 5. The van der Waals surface area contributed by atoms with E-state index in [1.54, 1.807) is 11.7 Å². The first-order chi connectivity index (χ1) is 18.6. The summed E-state index contributed by atoms with van der Waals surface area (Å²) in [5.41, 5.74) is 7.41. The smallest absolute Gasteiger partial charge is 0.427 e. The molecule has 10 nitrogen and oxygen atoms in total. The Morgan fingerprint density at radius 1 is 1.02 bits per heavy atom.